The molecule has 1 saturated heterocycles. The minimum Gasteiger partial charge on any atom is -0.396 e. The highest BCUT2D eigenvalue weighted by Gasteiger charge is 2.46. The number of hydrogen-bond donors (Lipinski definition) is 1. The zero-order chi connectivity index (χ0) is 16.2. The van der Waals surface area contributed by atoms with Gasteiger partial charge in [-0.15, -0.1) is 0 Å². The van der Waals surface area contributed by atoms with Crippen LogP contribution in [0.1, 0.15) is 59.8 Å². The molecule has 0 amide bonds. The molecule has 2 rings (SSSR count). The van der Waals surface area contributed by atoms with E-state index in [1.54, 1.807) is 0 Å². The molecule has 22 heavy (non-hydrogen) atoms. The van der Waals surface area contributed by atoms with Crippen molar-refractivity contribution in [2.24, 2.45) is 11.3 Å². The number of rotatable bonds is 7. The van der Waals surface area contributed by atoms with E-state index >= 15 is 0 Å². The van der Waals surface area contributed by atoms with Gasteiger partial charge in [0.1, 0.15) is 0 Å². The van der Waals surface area contributed by atoms with Gasteiger partial charge in [-0.25, -0.2) is 0 Å². The highest BCUT2D eigenvalue weighted by molar-refractivity contribution is 4.90. The van der Waals surface area contributed by atoms with E-state index in [0.29, 0.717) is 5.92 Å². The van der Waals surface area contributed by atoms with Crippen molar-refractivity contribution in [1.29, 1.82) is 0 Å². The molecular weight excluding hydrogens is 278 g/mol. The van der Waals surface area contributed by atoms with Crippen LogP contribution in [0.25, 0.3) is 0 Å². The first-order valence-electron chi connectivity index (χ1n) is 9.09. The standard InChI is InChI=1S/C18H35NO3/c1-5-11-19(6-2)12-16-13-21-18(22-16)9-7-15(8-10-18)17(3,4)14-20/h15-16,20H,5-14H2,1-4H3. The van der Waals surface area contributed by atoms with Gasteiger partial charge in [0, 0.05) is 26.0 Å². The van der Waals surface area contributed by atoms with Crippen molar-refractivity contribution in [2.45, 2.75) is 71.7 Å². The quantitative estimate of drug-likeness (QED) is 0.784. The molecule has 1 N–H and O–H groups in total. The largest absolute Gasteiger partial charge is 0.396 e. The van der Waals surface area contributed by atoms with Gasteiger partial charge >= 0.3 is 0 Å². The lowest BCUT2D eigenvalue weighted by Gasteiger charge is -2.41. The van der Waals surface area contributed by atoms with Crippen LogP contribution < -0.4 is 0 Å². The summed E-state index contributed by atoms with van der Waals surface area (Å²) in [5.74, 6) is 0.236. The summed E-state index contributed by atoms with van der Waals surface area (Å²) in [6, 6.07) is 0. The van der Waals surface area contributed by atoms with Crippen molar-refractivity contribution in [3.05, 3.63) is 0 Å². The van der Waals surface area contributed by atoms with Crippen LogP contribution in [-0.2, 0) is 9.47 Å². The molecule has 0 aromatic rings. The van der Waals surface area contributed by atoms with Gasteiger partial charge in [0.05, 0.1) is 12.7 Å². The van der Waals surface area contributed by atoms with Crippen LogP contribution in [-0.4, -0.2) is 54.7 Å². The van der Waals surface area contributed by atoms with E-state index in [9.17, 15) is 5.11 Å². The van der Waals surface area contributed by atoms with Gasteiger partial charge in [-0.2, -0.15) is 0 Å². The Balaban J connectivity index is 1.83. The number of likely N-dealkylation sites (N-methyl/N-ethyl adjacent to an activating group) is 1. The first-order chi connectivity index (χ1) is 10.4. The molecule has 1 aliphatic heterocycles. The molecule has 1 atom stereocenters. The average molecular weight is 313 g/mol. The van der Waals surface area contributed by atoms with E-state index in [1.807, 2.05) is 0 Å². The molecule has 0 aromatic carbocycles. The highest BCUT2D eigenvalue weighted by atomic mass is 16.7. The van der Waals surface area contributed by atoms with Gasteiger partial charge in [-0.3, -0.25) is 0 Å². The van der Waals surface area contributed by atoms with Crippen LogP contribution in [0.3, 0.4) is 0 Å². The Bertz CT molecular complexity index is 337. The molecule has 4 heteroatoms. The minimum absolute atomic E-state index is 0.0136. The Morgan fingerprint density at radius 3 is 2.45 bits per heavy atom. The molecule has 2 fully saturated rings. The van der Waals surface area contributed by atoms with E-state index in [-0.39, 0.29) is 23.9 Å². The van der Waals surface area contributed by atoms with Crippen molar-refractivity contribution in [2.75, 3.05) is 32.8 Å². The van der Waals surface area contributed by atoms with Crippen LogP contribution >= 0.6 is 0 Å². The third-order valence-electron chi connectivity index (χ3n) is 5.62. The SMILES string of the molecule is CCCN(CC)CC1COC2(CCC(C(C)(C)CO)CC2)O1. The Kier molecular flexibility index (Phi) is 6.29. The number of nitrogens with zero attached hydrogens (tertiary/aromatic N) is 1. The average Bonchev–Trinajstić information content (AvgIpc) is 2.89. The lowest BCUT2D eigenvalue weighted by atomic mass is 9.70. The monoisotopic (exact) mass is 313 g/mol. The molecule has 1 heterocycles. The lowest BCUT2D eigenvalue weighted by Crippen LogP contribution is -2.41. The topological polar surface area (TPSA) is 41.9 Å². The van der Waals surface area contributed by atoms with Crippen molar-refractivity contribution >= 4 is 0 Å². The summed E-state index contributed by atoms with van der Waals surface area (Å²) in [7, 11) is 0. The molecule has 4 nitrogen and oxygen atoms in total. The Morgan fingerprint density at radius 1 is 1.23 bits per heavy atom. The van der Waals surface area contributed by atoms with E-state index in [2.05, 4.69) is 32.6 Å². The van der Waals surface area contributed by atoms with E-state index < -0.39 is 0 Å². The third-order valence-corrected chi connectivity index (χ3v) is 5.62. The van der Waals surface area contributed by atoms with E-state index in [1.165, 1.54) is 6.42 Å². The van der Waals surface area contributed by atoms with Crippen molar-refractivity contribution in [1.82, 2.24) is 4.90 Å². The Morgan fingerprint density at radius 2 is 1.91 bits per heavy atom. The maximum atomic E-state index is 9.55. The molecular formula is C18H35NO3. The van der Waals surface area contributed by atoms with Crippen LogP contribution in [0.15, 0.2) is 0 Å². The van der Waals surface area contributed by atoms with Crippen molar-refractivity contribution in [3.63, 3.8) is 0 Å². The summed E-state index contributed by atoms with van der Waals surface area (Å²) in [5, 5.41) is 9.55. The second kappa shape index (κ2) is 7.61. The highest BCUT2D eigenvalue weighted by Crippen LogP contribution is 2.45. The molecule has 0 aromatic heterocycles. The fraction of sp³-hybridized carbons (Fsp3) is 1.00. The summed E-state index contributed by atoms with van der Waals surface area (Å²) < 4.78 is 12.4. The molecule has 0 radical (unpaired) electrons. The minimum atomic E-state index is -0.335. The van der Waals surface area contributed by atoms with Crippen LogP contribution in [0.4, 0.5) is 0 Å². The predicted molar refractivity (Wildman–Crippen MR) is 88.8 cm³/mol. The number of ether oxygens (including phenoxy) is 2. The summed E-state index contributed by atoms with van der Waals surface area (Å²) >= 11 is 0. The fourth-order valence-electron chi connectivity index (χ4n) is 3.92. The molecule has 1 saturated carbocycles. The van der Waals surface area contributed by atoms with Gasteiger partial charge < -0.3 is 19.5 Å². The molecule has 1 spiro atoms. The van der Waals surface area contributed by atoms with Crippen LogP contribution in [0.2, 0.25) is 0 Å². The first-order valence-corrected chi connectivity index (χ1v) is 9.09. The van der Waals surface area contributed by atoms with Gasteiger partial charge in [-0.1, -0.05) is 27.7 Å². The molecule has 0 bridgehead atoms. The zero-order valence-electron chi connectivity index (χ0n) is 14.9. The van der Waals surface area contributed by atoms with Gasteiger partial charge in [0.2, 0.25) is 0 Å². The van der Waals surface area contributed by atoms with Gasteiger partial charge in [0.25, 0.3) is 0 Å². The van der Waals surface area contributed by atoms with E-state index in [4.69, 9.17) is 9.47 Å². The van der Waals surface area contributed by atoms with Gasteiger partial charge in [-0.05, 0) is 43.7 Å². The number of hydrogen-bond acceptors (Lipinski definition) is 4. The maximum absolute atomic E-state index is 9.55. The molecule has 2 aliphatic rings. The van der Waals surface area contributed by atoms with Crippen LogP contribution in [0.5, 0.6) is 0 Å². The van der Waals surface area contributed by atoms with Crippen LogP contribution in [0, 0.1) is 11.3 Å². The van der Waals surface area contributed by atoms with Crippen molar-refractivity contribution in [3.8, 4) is 0 Å². The Hall–Kier alpha value is -0.160. The third kappa shape index (κ3) is 4.22. The molecule has 130 valence electrons. The number of aliphatic hydroxyl groups is 1. The fourth-order valence-corrected chi connectivity index (χ4v) is 3.92. The maximum Gasteiger partial charge on any atom is 0.168 e. The first kappa shape index (κ1) is 18.2. The summed E-state index contributed by atoms with van der Waals surface area (Å²) in [6.07, 6.45) is 5.52. The second-order valence-electron chi connectivity index (χ2n) is 7.78. The number of aliphatic hydroxyl groups excluding tert-OH is 1. The summed E-state index contributed by atoms with van der Waals surface area (Å²) in [6.45, 7) is 13.0. The Labute approximate surface area is 136 Å². The van der Waals surface area contributed by atoms with Crippen molar-refractivity contribution < 1.29 is 14.6 Å². The summed E-state index contributed by atoms with van der Waals surface area (Å²) in [4.78, 5) is 2.45. The van der Waals surface area contributed by atoms with E-state index in [0.717, 1.165) is 51.9 Å². The lowest BCUT2D eigenvalue weighted by molar-refractivity contribution is -0.199. The molecule has 1 unspecified atom stereocenters. The molecule has 1 aliphatic carbocycles. The zero-order valence-corrected chi connectivity index (χ0v) is 14.9. The van der Waals surface area contributed by atoms with Gasteiger partial charge in [0.15, 0.2) is 5.79 Å². The second-order valence-corrected chi connectivity index (χ2v) is 7.78. The summed E-state index contributed by atoms with van der Waals surface area (Å²) in [5.41, 5.74) is 0.0136. The normalized spacial score (nSPS) is 33.0. The predicted octanol–water partition coefficient (Wildman–Crippen LogP) is 3.04. The smallest absolute Gasteiger partial charge is 0.168 e.